The number of benzene rings is 2. The molecule has 1 N–H and O–H groups in total. The summed E-state index contributed by atoms with van der Waals surface area (Å²) in [4.78, 5) is 14.9. The molecule has 1 aliphatic rings. The van der Waals surface area contributed by atoms with Gasteiger partial charge in [0, 0.05) is 23.2 Å². The SMILES string of the molecule is CC(C(=O)Nc1cccc(S(F)(F)(F)(F)F)c1)C1CCC(c2ccnc3ccc(F)cc23)CC1. The van der Waals surface area contributed by atoms with Gasteiger partial charge in [-0.15, -0.1) is 0 Å². The molecule has 3 aromatic rings. The van der Waals surface area contributed by atoms with Crippen molar-refractivity contribution in [3.8, 4) is 0 Å². The first kappa shape index (κ1) is 24.4. The van der Waals surface area contributed by atoms with E-state index in [9.17, 15) is 28.6 Å². The number of hydrogen-bond donors (Lipinski definition) is 1. The van der Waals surface area contributed by atoms with E-state index in [4.69, 9.17) is 0 Å². The highest BCUT2D eigenvalue weighted by atomic mass is 32.5. The van der Waals surface area contributed by atoms with Crippen molar-refractivity contribution >= 4 is 32.7 Å². The molecule has 1 heterocycles. The van der Waals surface area contributed by atoms with E-state index >= 15 is 0 Å². The average molecular weight is 503 g/mol. The lowest BCUT2D eigenvalue weighted by atomic mass is 9.73. The lowest BCUT2D eigenvalue weighted by Gasteiger charge is -2.40. The summed E-state index contributed by atoms with van der Waals surface area (Å²) in [5.41, 5.74) is 1.40. The minimum absolute atomic E-state index is 0.0140. The Balaban J connectivity index is 1.42. The topological polar surface area (TPSA) is 42.0 Å². The highest BCUT2D eigenvalue weighted by Gasteiger charge is 2.65. The Morgan fingerprint density at radius 3 is 2.38 bits per heavy atom. The van der Waals surface area contributed by atoms with Crippen LogP contribution in [0.5, 0.6) is 0 Å². The van der Waals surface area contributed by atoms with Crippen molar-refractivity contribution in [1.29, 1.82) is 0 Å². The van der Waals surface area contributed by atoms with Crippen molar-refractivity contribution < 1.29 is 28.6 Å². The van der Waals surface area contributed by atoms with Crippen LogP contribution in [0.1, 0.15) is 44.1 Å². The zero-order valence-corrected chi connectivity index (χ0v) is 19.1. The molecule has 0 radical (unpaired) electrons. The van der Waals surface area contributed by atoms with E-state index in [-0.39, 0.29) is 29.4 Å². The summed E-state index contributed by atoms with van der Waals surface area (Å²) < 4.78 is 79.1. The van der Waals surface area contributed by atoms with Crippen molar-refractivity contribution in [1.82, 2.24) is 4.98 Å². The molecule has 1 amide bonds. The van der Waals surface area contributed by atoms with Crippen molar-refractivity contribution in [2.75, 3.05) is 5.32 Å². The van der Waals surface area contributed by atoms with Gasteiger partial charge in [0.2, 0.25) is 5.91 Å². The Kier molecular flexibility index (Phi) is 5.66. The Morgan fingerprint density at radius 1 is 1.00 bits per heavy atom. The maximum Gasteiger partial charge on any atom is 0.310 e. The molecule has 1 unspecified atom stereocenters. The molecule has 1 fully saturated rings. The number of pyridine rings is 1. The lowest BCUT2D eigenvalue weighted by molar-refractivity contribution is -0.121. The molecule has 1 aliphatic carbocycles. The maximum atomic E-state index is 13.8. The second-order valence-corrected chi connectivity index (χ2v) is 11.4. The summed E-state index contributed by atoms with van der Waals surface area (Å²) in [7, 11) is -9.83. The number of hydrogen-bond acceptors (Lipinski definition) is 2. The number of rotatable bonds is 5. The van der Waals surface area contributed by atoms with Crippen LogP contribution in [0.3, 0.4) is 0 Å². The smallest absolute Gasteiger partial charge is 0.310 e. The van der Waals surface area contributed by atoms with E-state index in [2.05, 4.69) is 10.3 Å². The molecule has 184 valence electrons. The molecule has 0 bridgehead atoms. The molecule has 0 spiro atoms. The largest absolute Gasteiger partial charge is 0.326 e. The van der Waals surface area contributed by atoms with Gasteiger partial charge < -0.3 is 5.32 Å². The predicted octanol–water partition coefficient (Wildman–Crippen LogP) is 8.58. The second kappa shape index (κ2) is 7.90. The number of halogens is 6. The van der Waals surface area contributed by atoms with Gasteiger partial charge in [0.1, 0.15) is 10.7 Å². The summed E-state index contributed by atoms with van der Waals surface area (Å²) in [6.45, 7) is 1.69. The Bertz CT molecular complexity index is 1240. The van der Waals surface area contributed by atoms with Gasteiger partial charge in [-0.05, 0) is 85.5 Å². The molecular formula is C24H24F6N2OS. The minimum Gasteiger partial charge on any atom is -0.326 e. The average Bonchev–Trinajstić information content (AvgIpc) is 2.77. The van der Waals surface area contributed by atoms with Gasteiger partial charge in [0.25, 0.3) is 0 Å². The molecule has 10 heteroatoms. The van der Waals surface area contributed by atoms with Crippen molar-refractivity contribution in [3.05, 3.63) is 66.1 Å². The number of nitrogens with one attached hydrogen (secondary N) is 1. The summed E-state index contributed by atoms with van der Waals surface area (Å²) in [5.74, 6) is -1.21. The molecule has 1 saturated carbocycles. The van der Waals surface area contributed by atoms with Gasteiger partial charge in [0.15, 0.2) is 0 Å². The van der Waals surface area contributed by atoms with Gasteiger partial charge in [-0.2, -0.15) is 0 Å². The molecule has 1 atom stereocenters. The molecule has 4 rings (SSSR count). The van der Waals surface area contributed by atoms with Crippen molar-refractivity contribution in [2.24, 2.45) is 11.8 Å². The third-order valence-corrected chi connectivity index (χ3v) is 7.76. The minimum atomic E-state index is -9.83. The summed E-state index contributed by atoms with van der Waals surface area (Å²) in [6.07, 6.45) is 4.61. The zero-order valence-electron chi connectivity index (χ0n) is 18.3. The highest BCUT2D eigenvalue weighted by molar-refractivity contribution is 8.45. The van der Waals surface area contributed by atoms with Crippen LogP contribution in [-0.4, -0.2) is 10.9 Å². The molecule has 3 nitrogen and oxygen atoms in total. The van der Waals surface area contributed by atoms with Gasteiger partial charge in [0.05, 0.1) is 5.52 Å². The normalized spacial score (nSPS) is 22.0. The quantitative estimate of drug-likeness (QED) is 0.355. The fourth-order valence-electron chi connectivity index (χ4n) is 4.71. The third-order valence-electron chi connectivity index (χ3n) is 6.62. The standard InChI is InChI=1S/C24H24F6N2OS/c1-15(24(33)32-19-3-2-4-20(14-19)34(26,27,28,29)30)16-5-7-17(8-6-16)21-11-12-31-23-10-9-18(25)13-22(21)23/h2-4,9-17H,5-8H2,1H3,(H,32,33). The molecule has 34 heavy (non-hydrogen) atoms. The highest BCUT2D eigenvalue weighted by Crippen LogP contribution is 3.02. The van der Waals surface area contributed by atoms with Crippen molar-refractivity contribution in [2.45, 2.75) is 43.4 Å². The predicted molar refractivity (Wildman–Crippen MR) is 122 cm³/mol. The lowest BCUT2D eigenvalue weighted by Crippen LogP contribution is -2.29. The van der Waals surface area contributed by atoms with E-state index in [1.54, 1.807) is 19.2 Å². The van der Waals surface area contributed by atoms with Crippen LogP contribution < -0.4 is 5.32 Å². The van der Waals surface area contributed by atoms with E-state index < -0.39 is 26.9 Å². The first-order chi connectivity index (χ1) is 15.7. The number of fused-ring (bicyclic) bond motifs is 1. The molecular weight excluding hydrogens is 478 g/mol. The number of nitrogens with zero attached hydrogens (tertiary/aromatic N) is 1. The Hall–Kier alpha value is -2.75. The Morgan fingerprint density at radius 2 is 1.71 bits per heavy atom. The summed E-state index contributed by atoms with van der Waals surface area (Å²) >= 11 is 0. The van der Waals surface area contributed by atoms with Gasteiger partial charge in [-0.25, -0.2) is 4.39 Å². The summed E-state index contributed by atoms with van der Waals surface area (Å²) in [6, 6.07) is 8.94. The van der Waals surface area contributed by atoms with Crippen LogP contribution >= 0.6 is 10.2 Å². The van der Waals surface area contributed by atoms with E-state index in [0.717, 1.165) is 35.9 Å². The van der Waals surface area contributed by atoms with Crippen LogP contribution in [0.25, 0.3) is 10.9 Å². The van der Waals surface area contributed by atoms with E-state index in [1.165, 1.54) is 12.1 Å². The van der Waals surface area contributed by atoms with Crippen LogP contribution in [0, 0.1) is 17.7 Å². The second-order valence-electron chi connectivity index (χ2n) is 8.95. The Labute approximate surface area is 193 Å². The number of carbonyl (C=O) groups excluding carboxylic acids is 1. The number of carbonyl (C=O) groups is 1. The molecule has 2 aromatic carbocycles. The number of anilines is 1. The molecule has 0 aliphatic heterocycles. The fourth-order valence-corrected chi connectivity index (χ4v) is 5.40. The van der Waals surface area contributed by atoms with Crippen LogP contribution in [0.4, 0.5) is 29.5 Å². The molecule has 0 saturated heterocycles. The van der Waals surface area contributed by atoms with Crippen molar-refractivity contribution in [3.63, 3.8) is 0 Å². The zero-order chi connectivity index (χ0) is 24.8. The fraction of sp³-hybridized carbons (Fsp3) is 0.333. The summed E-state index contributed by atoms with van der Waals surface area (Å²) in [5, 5.41) is 3.12. The first-order valence-corrected chi connectivity index (χ1v) is 12.9. The van der Waals surface area contributed by atoms with E-state index in [0.29, 0.717) is 24.4 Å². The van der Waals surface area contributed by atoms with Gasteiger partial charge in [-0.3, -0.25) is 9.78 Å². The van der Waals surface area contributed by atoms with Crippen LogP contribution in [0.2, 0.25) is 0 Å². The molecule has 1 aromatic heterocycles. The monoisotopic (exact) mass is 502 g/mol. The van der Waals surface area contributed by atoms with Crippen LogP contribution in [-0.2, 0) is 4.79 Å². The third kappa shape index (κ3) is 5.32. The van der Waals surface area contributed by atoms with E-state index in [1.807, 2.05) is 6.07 Å². The number of amides is 1. The van der Waals surface area contributed by atoms with Gasteiger partial charge in [-0.1, -0.05) is 32.4 Å². The number of aromatic nitrogens is 1. The van der Waals surface area contributed by atoms with Crippen LogP contribution in [0.15, 0.2) is 59.6 Å². The first-order valence-electron chi connectivity index (χ1n) is 10.9. The maximum absolute atomic E-state index is 13.8. The van der Waals surface area contributed by atoms with Gasteiger partial charge >= 0.3 is 10.2 Å².